The highest BCUT2D eigenvalue weighted by molar-refractivity contribution is 5.79. The number of ether oxygens (including phenoxy) is 1. The van der Waals surface area contributed by atoms with Gasteiger partial charge in [0.05, 0.1) is 5.60 Å². The van der Waals surface area contributed by atoms with Crippen LogP contribution in [0.4, 0.5) is 0 Å². The fraction of sp³-hybridized carbons (Fsp3) is 0.938. The van der Waals surface area contributed by atoms with Crippen LogP contribution in [0, 0.1) is 5.92 Å². The van der Waals surface area contributed by atoms with Crippen LogP contribution in [0.25, 0.3) is 0 Å². The lowest BCUT2D eigenvalue weighted by atomic mass is 9.85. The van der Waals surface area contributed by atoms with Crippen molar-refractivity contribution in [2.75, 3.05) is 13.2 Å². The van der Waals surface area contributed by atoms with Gasteiger partial charge < -0.3 is 15.4 Å². The second kappa shape index (κ2) is 6.90. The zero-order valence-electron chi connectivity index (χ0n) is 13.2. The summed E-state index contributed by atoms with van der Waals surface area (Å²) in [5.74, 6) is 0.443. The summed E-state index contributed by atoms with van der Waals surface area (Å²) in [6.45, 7) is 8.26. The van der Waals surface area contributed by atoms with Crippen molar-refractivity contribution in [2.45, 2.75) is 77.0 Å². The van der Waals surface area contributed by atoms with Crippen LogP contribution in [0.3, 0.4) is 0 Å². The lowest BCUT2D eigenvalue weighted by Crippen LogP contribution is -2.51. The van der Waals surface area contributed by atoms with E-state index >= 15 is 0 Å². The molecular weight excluding hydrogens is 252 g/mol. The summed E-state index contributed by atoms with van der Waals surface area (Å²) in [5, 5.41) is 6.69. The first-order valence-electron chi connectivity index (χ1n) is 8.26. The Morgan fingerprint density at radius 3 is 2.75 bits per heavy atom. The van der Waals surface area contributed by atoms with Gasteiger partial charge in [0.2, 0.25) is 5.91 Å². The maximum absolute atomic E-state index is 12.4. The Labute approximate surface area is 123 Å². The molecule has 2 saturated heterocycles. The molecule has 0 bridgehead atoms. The summed E-state index contributed by atoms with van der Waals surface area (Å²) >= 11 is 0. The first kappa shape index (κ1) is 15.8. The number of carbonyl (C=O) groups is 1. The molecule has 2 heterocycles. The predicted molar refractivity (Wildman–Crippen MR) is 80.6 cm³/mol. The van der Waals surface area contributed by atoms with Gasteiger partial charge in [-0.05, 0) is 52.0 Å². The number of hydrogen-bond donors (Lipinski definition) is 2. The summed E-state index contributed by atoms with van der Waals surface area (Å²) in [4.78, 5) is 12.4. The number of rotatable bonds is 4. The molecule has 0 radical (unpaired) electrons. The number of amides is 1. The second-order valence-corrected chi connectivity index (χ2v) is 6.51. The minimum absolute atomic E-state index is 0.0163. The number of nitrogens with one attached hydrogen (secondary N) is 2. The molecule has 0 saturated carbocycles. The molecule has 1 amide bonds. The maximum Gasteiger partial charge on any atom is 0.223 e. The molecule has 20 heavy (non-hydrogen) atoms. The molecule has 116 valence electrons. The van der Waals surface area contributed by atoms with Crippen LogP contribution in [0.1, 0.15) is 59.3 Å². The van der Waals surface area contributed by atoms with Crippen LogP contribution in [-0.4, -0.2) is 36.7 Å². The fourth-order valence-corrected chi connectivity index (χ4v) is 3.58. The van der Waals surface area contributed by atoms with E-state index in [0.29, 0.717) is 12.1 Å². The highest BCUT2D eigenvalue weighted by Gasteiger charge is 2.36. The summed E-state index contributed by atoms with van der Waals surface area (Å²) in [7, 11) is 0. The van der Waals surface area contributed by atoms with Gasteiger partial charge in [0, 0.05) is 24.6 Å². The van der Waals surface area contributed by atoms with Gasteiger partial charge >= 0.3 is 0 Å². The van der Waals surface area contributed by atoms with Crippen molar-refractivity contribution in [3.05, 3.63) is 0 Å². The van der Waals surface area contributed by atoms with Crippen molar-refractivity contribution in [3.63, 3.8) is 0 Å². The van der Waals surface area contributed by atoms with Crippen molar-refractivity contribution in [1.82, 2.24) is 10.6 Å². The summed E-state index contributed by atoms with van der Waals surface area (Å²) < 4.78 is 5.98. The third kappa shape index (κ3) is 3.73. The zero-order valence-corrected chi connectivity index (χ0v) is 13.2. The molecule has 0 aliphatic carbocycles. The van der Waals surface area contributed by atoms with Crippen molar-refractivity contribution in [3.8, 4) is 0 Å². The Hall–Kier alpha value is -0.610. The molecule has 3 unspecified atom stereocenters. The fourth-order valence-electron chi connectivity index (χ4n) is 3.58. The molecule has 0 aromatic heterocycles. The molecule has 4 nitrogen and oxygen atoms in total. The summed E-state index contributed by atoms with van der Waals surface area (Å²) in [5.41, 5.74) is -0.0163. The quantitative estimate of drug-likeness (QED) is 0.831. The molecule has 2 fully saturated rings. The molecular formula is C16H30N2O2. The number of piperidine rings is 1. The van der Waals surface area contributed by atoms with Crippen LogP contribution in [0.5, 0.6) is 0 Å². The average molecular weight is 282 g/mol. The lowest BCUT2D eigenvalue weighted by Gasteiger charge is -2.40. The van der Waals surface area contributed by atoms with Gasteiger partial charge in [0.1, 0.15) is 0 Å². The van der Waals surface area contributed by atoms with Gasteiger partial charge in [-0.3, -0.25) is 4.79 Å². The predicted octanol–water partition coefficient (Wildman–Crippen LogP) is 2.23. The Balaban J connectivity index is 1.87. The lowest BCUT2D eigenvalue weighted by molar-refractivity contribution is -0.130. The zero-order chi connectivity index (χ0) is 14.6. The molecule has 2 aliphatic rings. The van der Waals surface area contributed by atoms with Gasteiger partial charge in [-0.15, -0.1) is 0 Å². The van der Waals surface area contributed by atoms with E-state index in [1.54, 1.807) is 0 Å². The standard InChI is InChI=1S/C16H30N2O2/c1-4-16(5-2)11-14(7-9-20-16)18-15(19)13-6-8-17-12(3)10-13/h12-14,17H,4-11H2,1-3H3,(H,18,19). The van der Waals surface area contributed by atoms with E-state index in [2.05, 4.69) is 31.4 Å². The maximum atomic E-state index is 12.4. The number of hydrogen-bond acceptors (Lipinski definition) is 3. The minimum atomic E-state index is -0.0163. The van der Waals surface area contributed by atoms with E-state index in [1.165, 1.54) is 0 Å². The Bertz CT molecular complexity index is 328. The summed E-state index contributed by atoms with van der Waals surface area (Å²) in [6, 6.07) is 0.751. The minimum Gasteiger partial charge on any atom is -0.375 e. The van der Waals surface area contributed by atoms with Crippen LogP contribution < -0.4 is 10.6 Å². The molecule has 2 aliphatic heterocycles. The van der Waals surface area contributed by atoms with Crippen molar-refractivity contribution in [1.29, 1.82) is 0 Å². The molecule has 2 rings (SSSR count). The smallest absolute Gasteiger partial charge is 0.223 e. The first-order valence-corrected chi connectivity index (χ1v) is 8.26. The Morgan fingerprint density at radius 2 is 2.10 bits per heavy atom. The van der Waals surface area contributed by atoms with E-state index in [1.807, 2.05) is 0 Å². The largest absolute Gasteiger partial charge is 0.375 e. The molecule has 2 N–H and O–H groups in total. The average Bonchev–Trinajstić information content (AvgIpc) is 2.47. The molecule has 3 atom stereocenters. The monoisotopic (exact) mass is 282 g/mol. The van der Waals surface area contributed by atoms with Crippen LogP contribution in [0.2, 0.25) is 0 Å². The van der Waals surface area contributed by atoms with E-state index < -0.39 is 0 Å². The van der Waals surface area contributed by atoms with E-state index in [4.69, 9.17) is 4.74 Å². The highest BCUT2D eigenvalue weighted by Crippen LogP contribution is 2.31. The summed E-state index contributed by atoms with van der Waals surface area (Å²) in [6.07, 6.45) is 5.90. The second-order valence-electron chi connectivity index (χ2n) is 6.51. The SMILES string of the molecule is CCC1(CC)CC(NC(=O)C2CCNC(C)C2)CCO1. The van der Waals surface area contributed by atoms with Crippen molar-refractivity contribution >= 4 is 5.91 Å². The third-order valence-corrected chi connectivity index (χ3v) is 5.12. The van der Waals surface area contributed by atoms with Gasteiger partial charge in [0.25, 0.3) is 0 Å². The molecule has 0 aromatic carbocycles. The molecule has 4 heteroatoms. The Morgan fingerprint density at radius 1 is 1.35 bits per heavy atom. The third-order valence-electron chi connectivity index (χ3n) is 5.12. The van der Waals surface area contributed by atoms with E-state index in [-0.39, 0.29) is 17.4 Å². The van der Waals surface area contributed by atoms with E-state index in [9.17, 15) is 4.79 Å². The number of carbonyl (C=O) groups excluding carboxylic acids is 1. The van der Waals surface area contributed by atoms with Crippen LogP contribution in [0.15, 0.2) is 0 Å². The van der Waals surface area contributed by atoms with E-state index in [0.717, 1.165) is 51.7 Å². The first-order chi connectivity index (χ1) is 9.58. The Kier molecular flexibility index (Phi) is 5.44. The van der Waals surface area contributed by atoms with Crippen molar-refractivity contribution in [2.24, 2.45) is 5.92 Å². The highest BCUT2D eigenvalue weighted by atomic mass is 16.5. The van der Waals surface area contributed by atoms with Gasteiger partial charge in [0.15, 0.2) is 0 Å². The van der Waals surface area contributed by atoms with Gasteiger partial charge in [-0.1, -0.05) is 13.8 Å². The van der Waals surface area contributed by atoms with Crippen LogP contribution in [-0.2, 0) is 9.53 Å². The normalized spacial score (nSPS) is 33.6. The van der Waals surface area contributed by atoms with Gasteiger partial charge in [-0.2, -0.15) is 0 Å². The topological polar surface area (TPSA) is 50.4 Å². The van der Waals surface area contributed by atoms with Crippen molar-refractivity contribution < 1.29 is 9.53 Å². The van der Waals surface area contributed by atoms with Gasteiger partial charge in [-0.25, -0.2) is 0 Å². The van der Waals surface area contributed by atoms with Crippen LogP contribution >= 0.6 is 0 Å². The molecule has 0 spiro atoms. The molecule has 0 aromatic rings.